The summed E-state index contributed by atoms with van der Waals surface area (Å²) >= 11 is 0. The number of unbranched alkanes of at least 4 members (excludes halogenated alkanes) is 6. The minimum atomic E-state index is -1.21. The predicted molar refractivity (Wildman–Crippen MR) is 103 cm³/mol. The molecule has 0 aliphatic heterocycles. The first-order valence-electron chi connectivity index (χ1n) is 9.91. The number of aryl methyl sites for hydroxylation is 1. The van der Waals surface area contributed by atoms with Crippen LogP contribution >= 0.6 is 0 Å². The van der Waals surface area contributed by atoms with Gasteiger partial charge in [-0.05, 0) is 24.8 Å². The number of rotatable bonds is 14. The monoisotopic (exact) mass is 346 g/mol. The van der Waals surface area contributed by atoms with Crippen LogP contribution in [0.1, 0.15) is 94.0 Å². The molecule has 0 aliphatic carbocycles. The number of Topliss-reactive ketones (excluding diaryl/α,β-unsaturated/α-hetero) is 2. The molecule has 1 rings (SSSR count). The van der Waals surface area contributed by atoms with E-state index in [9.17, 15) is 14.7 Å². The first kappa shape index (κ1) is 21.6. The lowest BCUT2D eigenvalue weighted by Gasteiger charge is -2.09. The van der Waals surface area contributed by atoms with Gasteiger partial charge in [0.2, 0.25) is 0 Å². The lowest BCUT2D eigenvalue weighted by molar-refractivity contribution is -0.120. The molecule has 1 N–H and O–H groups in total. The highest BCUT2D eigenvalue weighted by Crippen LogP contribution is 2.14. The van der Waals surface area contributed by atoms with Crippen LogP contribution in [-0.4, -0.2) is 22.8 Å². The zero-order chi connectivity index (χ0) is 18.5. The van der Waals surface area contributed by atoms with E-state index in [-0.39, 0.29) is 18.0 Å². The lowest BCUT2D eigenvalue weighted by Crippen LogP contribution is -2.23. The van der Waals surface area contributed by atoms with Crippen molar-refractivity contribution in [2.24, 2.45) is 0 Å². The zero-order valence-electron chi connectivity index (χ0n) is 15.9. The maximum absolute atomic E-state index is 12.2. The van der Waals surface area contributed by atoms with E-state index >= 15 is 0 Å². The molecule has 1 unspecified atom stereocenters. The molecule has 1 aromatic rings. The smallest absolute Gasteiger partial charge is 0.191 e. The van der Waals surface area contributed by atoms with Crippen molar-refractivity contribution in [3.05, 3.63) is 35.4 Å². The summed E-state index contributed by atoms with van der Waals surface area (Å²) in [5.41, 5.74) is 1.71. The Hall–Kier alpha value is -1.48. The van der Waals surface area contributed by atoms with Crippen molar-refractivity contribution in [1.82, 2.24) is 0 Å². The Morgan fingerprint density at radius 1 is 0.880 bits per heavy atom. The summed E-state index contributed by atoms with van der Waals surface area (Å²) in [6, 6.07) is 7.47. The Morgan fingerprint density at radius 3 is 2.08 bits per heavy atom. The van der Waals surface area contributed by atoms with Gasteiger partial charge in [0.05, 0.1) is 0 Å². The van der Waals surface area contributed by atoms with E-state index in [0.29, 0.717) is 12.0 Å². The van der Waals surface area contributed by atoms with Crippen molar-refractivity contribution in [3.63, 3.8) is 0 Å². The van der Waals surface area contributed by atoms with Crippen molar-refractivity contribution in [1.29, 1.82) is 0 Å². The minimum Gasteiger partial charge on any atom is -0.384 e. The van der Waals surface area contributed by atoms with E-state index in [2.05, 4.69) is 6.92 Å². The van der Waals surface area contributed by atoms with E-state index in [1.54, 1.807) is 12.1 Å². The molecule has 140 valence electrons. The molecule has 0 saturated heterocycles. The zero-order valence-corrected chi connectivity index (χ0v) is 15.9. The van der Waals surface area contributed by atoms with Crippen LogP contribution in [0.4, 0.5) is 0 Å². The molecule has 3 nitrogen and oxygen atoms in total. The molecule has 0 aliphatic rings. The highest BCUT2D eigenvalue weighted by atomic mass is 16.3. The fourth-order valence-electron chi connectivity index (χ4n) is 3.00. The third kappa shape index (κ3) is 8.97. The standard InChI is InChI=1S/C22H34O3/c1-3-5-6-7-8-9-10-12-18-13-15-19(16-14-18)22(25)21(24)17-20(23)11-4-2/h13-16,21,24H,3-12,17H2,1-2H3. The first-order chi connectivity index (χ1) is 12.1. The molecule has 0 aromatic heterocycles. The summed E-state index contributed by atoms with van der Waals surface area (Å²) in [7, 11) is 0. The fourth-order valence-corrected chi connectivity index (χ4v) is 3.00. The van der Waals surface area contributed by atoms with Gasteiger partial charge in [-0.3, -0.25) is 9.59 Å². The molecule has 0 radical (unpaired) electrons. The van der Waals surface area contributed by atoms with Gasteiger partial charge in [-0.2, -0.15) is 0 Å². The fraction of sp³-hybridized carbons (Fsp3) is 0.636. The van der Waals surface area contributed by atoms with Crippen LogP contribution < -0.4 is 0 Å². The maximum Gasteiger partial charge on any atom is 0.191 e. The molecule has 1 aromatic carbocycles. The third-order valence-corrected chi connectivity index (χ3v) is 4.56. The molecule has 3 heteroatoms. The summed E-state index contributed by atoms with van der Waals surface area (Å²) in [5, 5.41) is 9.93. The van der Waals surface area contributed by atoms with Crippen molar-refractivity contribution < 1.29 is 14.7 Å². The van der Waals surface area contributed by atoms with Crippen LogP contribution in [0.15, 0.2) is 24.3 Å². The Labute approximate surface area is 152 Å². The van der Waals surface area contributed by atoms with E-state index in [0.717, 1.165) is 12.8 Å². The number of aliphatic hydroxyl groups is 1. The average Bonchev–Trinajstić information content (AvgIpc) is 2.61. The van der Waals surface area contributed by atoms with Gasteiger partial charge in [-0.1, -0.05) is 76.6 Å². The number of aliphatic hydroxyl groups excluding tert-OH is 1. The number of carbonyl (C=O) groups is 2. The molecule has 0 saturated carbocycles. The second kappa shape index (κ2) is 12.8. The highest BCUT2D eigenvalue weighted by Gasteiger charge is 2.19. The summed E-state index contributed by atoms with van der Waals surface area (Å²) in [6.45, 7) is 4.15. The number of carbonyl (C=O) groups excluding carboxylic acids is 2. The van der Waals surface area contributed by atoms with Crippen molar-refractivity contribution >= 4 is 11.6 Å². The molecule has 0 amide bonds. The molecule has 0 spiro atoms. The quantitative estimate of drug-likeness (QED) is 0.368. The third-order valence-electron chi connectivity index (χ3n) is 4.56. The molecular formula is C22H34O3. The number of ketones is 2. The van der Waals surface area contributed by atoms with E-state index < -0.39 is 6.10 Å². The molecule has 0 bridgehead atoms. The van der Waals surface area contributed by atoms with Crippen LogP contribution in [0.5, 0.6) is 0 Å². The normalized spacial score (nSPS) is 12.1. The van der Waals surface area contributed by atoms with Crippen LogP contribution in [0.3, 0.4) is 0 Å². The van der Waals surface area contributed by atoms with Crippen LogP contribution in [-0.2, 0) is 11.2 Å². The van der Waals surface area contributed by atoms with Crippen LogP contribution in [0.2, 0.25) is 0 Å². The predicted octanol–water partition coefficient (Wildman–Crippen LogP) is 5.28. The number of hydrogen-bond donors (Lipinski definition) is 1. The molecular weight excluding hydrogens is 312 g/mol. The minimum absolute atomic E-state index is 0.0566. The van der Waals surface area contributed by atoms with Crippen molar-refractivity contribution in [3.8, 4) is 0 Å². The van der Waals surface area contributed by atoms with Gasteiger partial charge < -0.3 is 5.11 Å². The van der Waals surface area contributed by atoms with Crippen molar-refractivity contribution in [2.45, 2.75) is 90.6 Å². The Balaban J connectivity index is 2.34. The van der Waals surface area contributed by atoms with Crippen LogP contribution in [0.25, 0.3) is 0 Å². The van der Waals surface area contributed by atoms with Crippen molar-refractivity contribution in [2.75, 3.05) is 0 Å². The van der Waals surface area contributed by atoms with Gasteiger partial charge >= 0.3 is 0 Å². The summed E-state index contributed by atoms with van der Waals surface area (Å²) < 4.78 is 0. The lowest BCUT2D eigenvalue weighted by atomic mass is 9.98. The average molecular weight is 347 g/mol. The van der Waals surface area contributed by atoms with Gasteiger partial charge in [-0.15, -0.1) is 0 Å². The van der Waals surface area contributed by atoms with Gasteiger partial charge in [-0.25, -0.2) is 0 Å². The second-order valence-corrected chi connectivity index (χ2v) is 6.94. The number of hydrogen-bond acceptors (Lipinski definition) is 3. The van der Waals surface area contributed by atoms with E-state index in [1.807, 2.05) is 19.1 Å². The van der Waals surface area contributed by atoms with Gasteiger partial charge in [0.25, 0.3) is 0 Å². The summed E-state index contributed by atoms with van der Waals surface area (Å²) in [6.07, 6.45) is 9.92. The first-order valence-corrected chi connectivity index (χ1v) is 9.91. The molecule has 1 atom stereocenters. The number of benzene rings is 1. The van der Waals surface area contributed by atoms with E-state index in [4.69, 9.17) is 0 Å². The molecule has 25 heavy (non-hydrogen) atoms. The van der Waals surface area contributed by atoms with Gasteiger partial charge in [0.1, 0.15) is 11.9 Å². The second-order valence-electron chi connectivity index (χ2n) is 6.94. The summed E-state index contributed by atoms with van der Waals surface area (Å²) in [5.74, 6) is -0.411. The van der Waals surface area contributed by atoms with Crippen LogP contribution in [0, 0.1) is 0 Å². The molecule has 0 heterocycles. The Bertz CT molecular complexity index is 505. The van der Waals surface area contributed by atoms with E-state index in [1.165, 1.54) is 50.5 Å². The molecule has 0 fully saturated rings. The van der Waals surface area contributed by atoms with Gasteiger partial charge in [0.15, 0.2) is 5.78 Å². The topological polar surface area (TPSA) is 54.4 Å². The Kier molecular flexibility index (Phi) is 11.1. The largest absolute Gasteiger partial charge is 0.384 e. The summed E-state index contributed by atoms with van der Waals surface area (Å²) in [4.78, 5) is 23.7. The van der Waals surface area contributed by atoms with Gasteiger partial charge in [0, 0.05) is 18.4 Å². The highest BCUT2D eigenvalue weighted by molar-refractivity contribution is 6.01. The SMILES string of the molecule is CCCCCCCCCc1ccc(C(=O)C(O)CC(=O)CCC)cc1. The maximum atomic E-state index is 12.2. The Morgan fingerprint density at radius 2 is 1.48 bits per heavy atom.